The van der Waals surface area contributed by atoms with Gasteiger partial charge in [0.2, 0.25) is 0 Å². The summed E-state index contributed by atoms with van der Waals surface area (Å²) in [4.78, 5) is 1.83. The summed E-state index contributed by atoms with van der Waals surface area (Å²) >= 11 is 0. The van der Waals surface area contributed by atoms with Crippen molar-refractivity contribution in [1.29, 1.82) is 0 Å². The van der Waals surface area contributed by atoms with Crippen LogP contribution in [-0.4, -0.2) is 31.0 Å². The molecule has 3 heteroatoms. The Morgan fingerprint density at radius 1 is 1.60 bits per heavy atom. The van der Waals surface area contributed by atoms with Gasteiger partial charge < -0.3 is 0 Å². The van der Waals surface area contributed by atoms with Gasteiger partial charge in [0.15, 0.2) is 0 Å². The van der Waals surface area contributed by atoms with Crippen molar-refractivity contribution in [3.63, 3.8) is 0 Å². The molecule has 0 saturated carbocycles. The van der Waals surface area contributed by atoms with Crippen molar-refractivity contribution in [3.8, 4) is 0 Å². The summed E-state index contributed by atoms with van der Waals surface area (Å²) in [5.41, 5.74) is 0. The van der Waals surface area contributed by atoms with Crippen LogP contribution in [0.1, 0.15) is 13.3 Å². The highest BCUT2D eigenvalue weighted by atomic mass is 19.3. The van der Waals surface area contributed by atoms with Gasteiger partial charge in [0, 0.05) is 6.54 Å². The zero-order valence-corrected chi connectivity index (χ0v) is 6.19. The number of alkyl halides is 2. The molecule has 1 aliphatic rings. The fraction of sp³-hybridized carbons (Fsp3) is 1.00. The number of nitrogens with zero attached hydrogens (tertiary/aromatic N) is 1. The van der Waals surface area contributed by atoms with Crippen LogP contribution in [0.15, 0.2) is 0 Å². The van der Waals surface area contributed by atoms with Crippen LogP contribution in [0.5, 0.6) is 0 Å². The smallest absolute Gasteiger partial charge is 0.251 e. The minimum atomic E-state index is -2.16. The molecule has 60 valence electrons. The Morgan fingerprint density at radius 3 is 2.70 bits per heavy atom. The first-order valence-electron chi connectivity index (χ1n) is 3.69. The van der Waals surface area contributed by atoms with Gasteiger partial charge in [-0.15, -0.1) is 0 Å². The monoisotopic (exact) mass is 149 g/mol. The average Bonchev–Trinajstić information content (AvgIpc) is 2.13. The molecule has 0 aromatic heterocycles. The molecule has 1 heterocycles. The van der Waals surface area contributed by atoms with Crippen molar-refractivity contribution in [2.24, 2.45) is 5.92 Å². The van der Waals surface area contributed by atoms with Gasteiger partial charge in [-0.25, -0.2) is 8.78 Å². The number of halogens is 2. The summed E-state index contributed by atoms with van der Waals surface area (Å²) in [7, 11) is 0. The minimum absolute atomic E-state index is 0.0374. The predicted octanol–water partition coefficient (Wildman–Crippen LogP) is 1.59. The van der Waals surface area contributed by atoms with Gasteiger partial charge in [0.1, 0.15) is 0 Å². The summed E-state index contributed by atoms with van der Waals surface area (Å²) in [6.45, 7) is 3.77. The molecule has 0 spiro atoms. The first kappa shape index (κ1) is 7.92. The minimum Gasteiger partial charge on any atom is -0.297 e. The van der Waals surface area contributed by atoms with E-state index in [1.807, 2.05) is 4.90 Å². The molecule has 0 amide bonds. The van der Waals surface area contributed by atoms with E-state index in [9.17, 15) is 8.78 Å². The lowest BCUT2D eigenvalue weighted by molar-refractivity contribution is 0.0983. The molecule has 0 N–H and O–H groups in total. The van der Waals surface area contributed by atoms with Crippen LogP contribution in [0.2, 0.25) is 0 Å². The van der Waals surface area contributed by atoms with Gasteiger partial charge in [0.05, 0.1) is 6.54 Å². The summed E-state index contributed by atoms with van der Waals surface area (Å²) in [5.74, 6) is 0.610. The fourth-order valence-electron chi connectivity index (χ4n) is 1.39. The Bertz CT molecular complexity index is 106. The van der Waals surface area contributed by atoms with E-state index in [-0.39, 0.29) is 6.54 Å². The number of hydrogen-bond acceptors (Lipinski definition) is 1. The lowest BCUT2D eigenvalue weighted by Crippen LogP contribution is -2.26. The predicted molar refractivity (Wildman–Crippen MR) is 36.2 cm³/mol. The van der Waals surface area contributed by atoms with E-state index in [1.165, 1.54) is 0 Å². The van der Waals surface area contributed by atoms with Crippen molar-refractivity contribution >= 4 is 0 Å². The molecule has 0 radical (unpaired) electrons. The maximum absolute atomic E-state index is 11.8. The molecule has 1 nitrogen and oxygen atoms in total. The summed E-state index contributed by atoms with van der Waals surface area (Å²) < 4.78 is 23.5. The summed E-state index contributed by atoms with van der Waals surface area (Å²) in [6, 6.07) is 0. The third-order valence-electron chi connectivity index (χ3n) is 1.90. The third-order valence-corrected chi connectivity index (χ3v) is 1.90. The highest BCUT2D eigenvalue weighted by Gasteiger charge is 2.20. The van der Waals surface area contributed by atoms with E-state index in [1.54, 1.807) is 0 Å². The topological polar surface area (TPSA) is 3.24 Å². The van der Waals surface area contributed by atoms with Crippen molar-refractivity contribution in [2.45, 2.75) is 19.8 Å². The number of likely N-dealkylation sites (tertiary alicyclic amines) is 1. The standard InChI is InChI=1S/C7H13F2N/c1-6-2-3-10(4-6)5-7(8)9/h6-7H,2-5H2,1H3/t6-/m1/s1. The van der Waals surface area contributed by atoms with E-state index in [0.717, 1.165) is 19.5 Å². The Kier molecular flexibility index (Phi) is 2.60. The van der Waals surface area contributed by atoms with Crippen LogP contribution in [0.25, 0.3) is 0 Å². The van der Waals surface area contributed by atoms with Crippen LogP contribution >= 0.6 is 0 Å². The fourth-order valence-corrected chi connectivity index (χ4v) is 1.39. The van der Waals surface area contributed by atoms with Crippen molar-refractivity contribution in [3.05, 3.63) is 0 Å². The van der Waals surface area contributed by atoms with Crippen molar-refractivity contribution < 1.29 is 8.78 Å². The Labute approximate surface area is 60.0 Å². The molecule has 0 aromatic carbocycles. The molecule has 0 bridgehead atoms. The highest BCUT2D eigenvalue weighted by Crippen LogP contribution is 2.15. The van der Waals surface area contributed by atoms with Gasteiger partial charge in [-0.3, -0.25) is 4.90 Å². The second-order valence-corrected chi connectivity index (χ2v) is 3.04. The van der Waals surface area contributed by atoms with Crippen LogP contribution in [-0.2, 0) is 0 Å². The average molecular weight is 149 g/mol. The van der Waals surface area contributed by atoms with Crippen molar-refractivity contribution in [2.75, 3.05) is 19.6 Å². The lowest BCUT2D eigenvalue weighted by atomic mass is 10.2. The van der Waals surface area contributed by atoms with E-state index < -0.39 is 6.43 Å². The van der Waals surface area contributed by atoms with Crippen LogP contribution in [0, 0.1) is 5.92 Å². The molecular formula is C7H13F2N. The SMILES string of the molecule is C[C@@H]1CCN(CC(F)F)C1. The maximum Gasteiger partial charge on any atom is 0.251 e. The van der Waals surface area contributed by atoms with E-state index in [2.05, 4.69) is 6.92 Å². The van der Waals surface area contributed by atoms with Crippen molar-refractivity contribution in [1.82, 2.24) is 4.90 Å². The Morgan fingerprint density at radius 2 is 2.30 bits per heavy atom. The molecule has 10 heavy (non-hydrogen) atoms. The Balaban J connectivity index is 2.18. The molecule has 1 fully saturated rings. The molecule has 1 rings (SSSR count). The third kappa shape index (κ3) is 2.21. The van der Waals surface area contributed by atoms with Gasteiger partial charge in [-0.1, -0.05) is 6.92 Å². The number of rotatable bonds is 2. The van der Waals surface area contributed by atoms with E-state index >= 15 is 0 Å². The highest BCUT2D eigenvalue weighted by molar-refractivity contribution is 4.72. The molecule has 0 aliphatic carbocycles. The maximum atomic E-state index is 11.8. The summed E-state index contributed by atoms with van der Waals surface area (Å²) in [5, 5.41) is 0. The zero-order valence-electron chi connectivity index (χ0n) is 6.19. The lowest BCUT2D eigenvalue weighted by Gasteiger charge is -2.13. The van der Waals surface area contributed by atoms with Crippen LogP contribution in [0.3, 0.4) is 0 Å². The molecule has 1 saturated heterocycles. The number of hydrogen-bond donors (Lipinski definition) is 0. The van der Waals surface area contributed by atoms with Gasteiger partial charge in [0.25, 0.3) is 6.43 Å². The zero-order chi connectivity index (χ0) is 7.56. The first-order chi connectivity index (χ1) is 4.68. The van der Waals surface area contributed by atoms with E-state index in [4.69, 9.17) is 0 Å². The van der Waals surface area contributed by atoms with Gasteiger partial charge in [-0.05, 0) is 18.9 Å². The second kappa shape index (κ2) is 3.28. The first-order valence-corrected chi connectivity index (χ1v) is 3.69. The van der Waals surface area contributed by atoms with Gasteiger partial charge in [-0.2, -0.15) is 0 Å². The summed E-state index contributed by atoms with van der Waals surface area (Å²) in [6.07, 6.45) is -1.09. The molecule has 1 aliphatic heterocycles. The second-order valence-electron chi connectivity index (χ2n) is 3.04. The van der Waals surface area contributed by atoms with Crippen LogP contribution in [0.4, 0.5) is 8.78 Å². The van der Waals surface area contributed by atoms with Gasteiger partial charge >= 0.3 is 0 Å². The quantitative estimate of drug-likeness (QED) is 0.576. The molecule has 0 aromatic rings. The normalized spacial score (nSPS) is 28.2. The van der Waals surface area contributed by atoms with Crippen LogP contribution < -0.4 is 0 Å². The van der Waals surface area contributed by atoms with E-state index in [0.29, 0.717) is 5.92 Å². The molecular weight excluding hydrogens is 136 g/mol. The molecule has 1 atom stereocenters. The largest absolute Gasteiger partial charge is 0.297 e. The molecule has 0 unspecified atom stereocenters. The Hall–Kier alpha value is -0.180.